The molecule has 34 heavy (non-hydrogen) atoms. The number of ether oxygens (including phenoxy) is 2. The van der Waals surface area contributed by atoms with Crippen LogP contribution in [0.1, 0.15) is 24.3 Å². The molecule has 1 fully saturated rings. The number of anilines is 2. The molecule has 0 unspecified atom stereocenters. The van der Waals surface area contributed by atoms with E-state index in [9.17, 15) is 9.59 Å². The van der Waals surface area contributed by atoms with E-state index in [0.717, 1.165) is 46.4 Å². The summed E-state index contributed by atoms with van der Waals surface area (Å²) in [5, 5.41) is 3.72. The lowest BCUT2D eigenvalue weighted by Gasteiger charge is -2.43. The third-order valence-corrected chi connectivity index (χ3v) is 6.86. The number of aromatic nitrogens is 1. The summed E-state index contributed by atoms with van der Waals surface area (Å²) in [5.41, 5.74) is 2.51. The second-order valence-corrected chi connectivity index (χ2v) is 9.38. The summed E-state index contributed by atoms with van der Waals surface area (Å²) in [5.74, 6) is 0.121. The molecule has 0 spiro atoms. The van der Waals surface area contributed by atoms with Crippen LogP contribution in [0.15, 0.2) is 46.9 Å². The van der Waals surface area contributed by atoms with Crippen molar-refractivity contribution in [2.45, 2.75) is 25.9 Å². The van der Waals surface area contributed by atoms with E-state index in [1.54, 1.807) is 7.11 Å². The number of carbonyl (C=O) groups excluding carboxylic acids is 2. The van der Waals surface area contributed by atoms with Crippen LogP contribution in [0.4, 0.5) is 11.4 Å². The Labute approximate surface area is 207 Å². The number of aromatic amines is 1. The maximum Gasteiger partial charge on any atom is 0.356 e. The van der Waals surface area contributed by atoms with Gasteiger partial charge in [-0.1, -0.05) is 22.0 Å². The molecular weight excluding hydrogens is 500 g/mol. The first kappa shape index (κ1) is 24.1. The van der Waals surface area contributed by atoms with Crippen LogP contribution in [0.2, 0.25) is 0 Å². The highest BCUT2D eigenvalue weighted by atomic mass is 79.9. The monoisotopic (exact) mass is 528 g/mol. The Morgan fingerprint density at radius 1 is 1.18 bits per heavy atom. The van der Waals surface area contributed by atoms with Gasteiger partial charge < -0.3 is 24.7 Å². The Bertz CT molecular complexity index is 1210. The van der Waals surface area contributed by atoms with Crippen molar-refractivity contribution in [2.75, 3.05) is 44.1 Å². The van der Waals surface area contributed by atoms with E-state index in [0.29, 0.717) is 5.69 Å². The molecule has 1 amide bonds. The zero-order valence-electron chi connectivity index (χ0n) is 19.7. The van der Waals surface area contributed by atoms with Crippen LogP contribution in [-0.4, -0.2) is 67.7 Å². The van der Waals surface area contributed by atoms with Gasteiger partial charge >= 0.3 is 5.97 Å². The number of nitrogens with zero attached hydrogens (tertiary/aromatic N) is 2. The van der Waals surface area contributed by atoms with Crippen molar-refractivity contribution in [3.63, 3.8) is 0 Å². The van der Waals surface area contributed by atoms with Crippen molar-refractivity contribution in [1.82, 2.24) is 9.88 Å². The standard InChI is InChI=1S/C25H29BrN4O4/c1-15-14-29(10-11-30(15)18-6-5-7-19(13-18)33-3)16(2)24(31)28-22-20-12-17(26)8-9-21(20)27-23(22)25(32)34-4/h5-9,12-13,15-16,27H,10-11,14H2,1-4H3,(H,28,31)/t15-,16-/m0/s1. The number of fused-ring (bicyclic) bond motifs is 1. The minimum atomic E-state index is -0.532. The van der Waals surface area contributed by atoms with Gasteiger partial charge in [0.2, 0.25) is 5.91 Å². The van der Waals surface area contributed by atoms with Crippen LogP contribution in [0.3, 0.4) is 0 Å². The summed E-state index contributed by atoms with van der Waals surface area (Å²) >= 11 is 3.46. The number of hydrogen-bond acceptors (Lipinski definition) is 6. The van der Waals surface area contributed by atoms with Gasteiger partial charge in [-0.05, 0) is 44.2 Å². The molecule has 3 aromatic rings. The molecule has 2 heterocycles. The van der Waals surface area contributed by atoms with Crippen LogP contribution >= 0.6 is 15.9 Å². The molecule has 1 aliphatic rings. The zero-order valence-corrected chi connectivity index (χ0v) is 21.3. The fourth-order valence-electron chi connectivity index (χ4n) is 4.45. The van der Waals surface area contributed by atoms with Crippen LogP contribution in [0, 0.1) is 0 Å². The molecular formula is C25H29BrN4O4. The van der Waals surface area contributed by atoms with Crippen molar-refractivity contribution in [3.05, 3.63) is 52.6 Å². The van der Waals surface area contributed by atoms with Crippen molar-refractivity contribution >= 4 is 50.1 Å². The summed E-state index contributed by atoms with van der Waals surface area (Å²) in [6, 6.07) is 13.5. The molecule has 0 aliphatic carbocycles. The average Bonchev–Trinajstić information content (AvgIpc) is 3.20. The maximum absolute atomic E-state index is 13.3. The van der Waals surface area contributed by atoms with E-state index in [1.165, 1.54) is 7.11 Å². The highest BCUT2D eigenvalue weighted by molar-refractivity contribution is 9.10. The van der Waals surface area contributed by atoms with Crippen LogP contribution < -0.4 is 15.0 Å². The number of nitrogens with one attached hydrogen (secondary N) is 2. The average molecular weight is 529 g/mol. The summed E-state index contributed by atoms with van der Waals surface area (Å²) in [6.45, 7) is 6.31. The van der Waals surface area contributed by atoms with E-state index in [2.05, 4.69) is 49.0 Å². The van der Waals surface area contributed by atoms with E-state index in [-0.39, 0.29) is 23.7 Å². The first-order chi connectivity index (χ1) is 16.3. The van der Waals surface area contributed by atoms with Gasteiger partial charge in [-0.2, -0.15) is 0 Å². The Morgan fingerprint density at radius 2 is 1.97 bits per heavy atom. The van der Waals surface area contributed by atoms with Crippen molar-refractivity contribution in [2.24, 2.45) is 0 Å². The number of rotatable bonds is 6. The predicted molar refractivity (Wildman–Crippen MR) is 137 cm³/mol. The van der Waals surface area contributed by atoms with Gasteiger partial charge in [-0.3, -0.25) is 9.69 Å². The van der Waals surface area contributed by atoms with Gasteiger partial charge in [0.05, 0.1) is 25.9 Å². The van der Waals surface area contributed by atoms with Crippen LogP contribution in [0.5, 0.6) is 5.75 Å². The third kappa shape index (κ3) is 4.76. The lowest BCUT2D eigenvalue weighted by molar-refractivity contribution is -0.121. The number of piperazine rings is 1. The fourth-order valence-corrected chi connectivity index (χ4v) is 4.81. The smallest absolute Gasteiger partial charge is 0.356 e. The molecule has 180 valence electrons. The number of carbonyl (C=O) groups is 2. The van der Waals surface area contributed by atoms with E-state index >= 15 is 0 Å². The zero-order chi connectivity index (χ0) is 24.4. The molecule has 0 saturated carbocycles. The van der Waals surface area contributed by atoms with Gasteiger partial charge in [0, 0.05) is 52.8 Å². The summed E-state index contributed by atoms with van der Waals surface area (Å²) in [7, 11) is 2.99. The van der Waals surface area contributed by atoms with Gasteiger partial charge in [0.15, 0.2) is 0 Å². The third-order valence-electron chi connectivity index (χ3n) is 6.37. The number of hydrogen-bond donors (Lipinski definition) is 2. The maximum atomic E-state index is 13.3. The Morgan fingerprint density at radius 3 is 2.68 bits per heavy atom. The first-order valence-electron chi connectivity index (χ1n) is 11.2. The summed E-state index contributed by atoms with van der Waals surface area (Å²) < 4.78 is 11.1. The second-order valence-electron chi connectivity index (χ2n) is 8.46. The molecule has 2 aromatic carbocycles. The molecule has 2 N–H and O–H groups in total. The van der Waals surface area contributed by atoms with Crippen LogP contribution in [0.25, 0.3) is 10.9 Å². The van der Waals surface area contributed by atoms with E-state index in [4.69, 9.17) is 9.47 Å². The second kappa shape index (κ2) is 10.1. The Balaban J connectivity index is 1.50. The minimum Gasteiger partial charge on any atom is -0.497 e. The lowest BCUT2D eigenvalue weighted by atomic mass is 10.1. The molecule has 8 nitrogen and oxygen atoms in total. The summed E-state index contributed by atoms with van der Waals surface area (Å²) in [4.78, 5) is 33.2. The number of halogens is 1. The minimum absolute atomic E-state index is 0.173. The summed E-state index contributed by atoms with van der Waals surface area (Å²) in [6.07, 6.45) is 0. The number of esters is 1. The molecule has 1 aliphatic heterocycles. The van der Waals surface area contributed by atoms with Gasteiger partial charge in [0.1, 0.15) is 11.4 Å². The number of methoxy groups -OCH3 is 2. The van der Waals surface area contributed by atoms with E-state index in [1.807, 2.05) is 43.3 Å². The Hall–Kier alpha value is -3.04. The number of benzene rings is 2. The van der Waals surface area contributed by atoms with Crippen LogP contribution in [-0.2, 0) is 9.53 Å². The molecule has 0 radical (unpaired) electrons. The first-order valence-corrected chi connectivity index (χ1v) is 12.0. The van der Waals surface area contributed by atoms with Crippen molar-refractivity contribution in [1.29, 1.82) is 0 Å². The largest absolute Gasteiger partial charge is 0.497 e. The molecule has 4 rings (SSSR count). The fraction of sp³-hybridized carbons (Fsp3) is 0.360. The van der Waals surface area contributed by atoms with Gasteiger partial charge in [-0.15, -0.1) is 0 Å². The highest BCUT2D eigenvalue weighted by Gasteiger charge is 2.31. The normalized spacial score (nSPS) is 17.4. The molecule has 9 heteroatoms. The highest BCUT2D eigenvalue weighted by Crippen LogP contribution is 2.31. The van der Waals surface area contributed by atoms with Gasteiger partial charge in [0.25, 0.3) is 0 Å². The lowest BCUT2D eigenvalue weighted by Crippen LogP contribution is -2.56. The van der Waals surface area contributed by atoms with E-state index < -0.39 is 5.97 Å². The number of amides is 1. The topological polar surface area (TPSA) is 86.9 Å². The molecule has 1 aromatic heterocycles. The molecule has 1 saturated heterocycles. The van der Waals surface area contributed by atoms with Crippen molar-refractivity contribution < 1.29 is 19.1 Å². The van der Waals surface area contributed by atoms with Crippen molar-refractivity contribution in [3.8, 4) is 5.75 Å². The Kier molecular flexibility index (Phi) is 7.13. The van der Waals surface area contributed by atoms with Gasteiger partial charge in [-0.25, -0.2) is 4.79 Å². The number of H-pyrrole nitrogens is 1. The predicted octanol–water partition coefficient (Wildman–Crippen LogP) is 4.26. The molecule has 0 bridgehead atoms. The quantitative estimate of drug-likeness (QED) is 0.464. The molecule has 2 atom stereocenters. The SMILES string of the molecule is COC(=O)c1[nH]c2ccc(Br)cc2c1NC(=O)[C@H](C)N1CCN(c2cccc(OC)c2)[C@@H](C)C1.